The first-order chi connectivity index (χ1) is 13.9. The molecule has 2 nitrogen and oxygen atoms in total. The molecule has 1 aliphatic carbocycles. The van der Waals surface area contributed by atoms with E-state index in [1.54, 1.807) is 12.2 Å². The molecule has 0 aliphatic heterocycles. The fourth-order valence-electron chi connectivity index (χ4n) is 3.10. The van der Waals surface area contributed by atoms with Gasteiger partial charge in [0.05, 0.1) is 0 Å². The Morgan fingerprint density at radius 1 is 0.897 bits per heavy atom. The molecule has 0 spiro atoms. The molecule has 2 aromatic rings. The molecule has 5 heteroatoms. The highest BCUT2D eigenvalue weighted by atomic mass is 35.5. The van der Waals surface area contributed by atoms with Crippen molar-refractivity contribution in [2.45, 2.75) is 25.7 Å². The van der Waals surface area contributed by atoms with E-state index < -0.39 is 5.82 Å². The summed E-state index contributed by atoms with van der Waals surface area (Å²) in [7, 11) is 0. The van der Waals surface area contributed by atoms with Gasteiger partial charge < -0.3 is 0 Å². The summed E-state index contributed by atoms with van der Waals surface area (Å²) in [6.07, 6.45) is 7.41. The quantitative estimate of drug-likeness (QED) is 0.396. The predicted molar refractivity (Wildman–Crippen MR) is 110 cm³/mol. The van der Waals surface area contributed by atoms with Gasteiger partial charge in [0.15, 0.2) is 11.6 Å². The van der Waals surface area contributed by atoms with E-state index in [9.17, 15) is 18.4 Å². The lowest BCUT2D eigenvalue weighted by molar-refractivity contribution is 0.0994. The Kier molecular flexibility index (Phi) is 6.89. The second-order valence-electron chi connectivity index (χ2n) is 6.76. The van der Waals surface area contributed by atoms with Gasteiger partial charge in [-0.2, -0.15) is 0 Å². The minimum absolute atomic E-state index is 0.115. The number of carbonyl (C=O) groups is 2. The van der Waals surface area contributed by atoms with Crippen LogP contribution in [0.1, 0.15) is 46.4 Å². The average molecular weight is 413 g/mol. The fourth-order valence-corrected chi connectivity index (χ4v) is 3.43. The normalized spacial score (nSPS) is 15.9. The summed E-state index contributed by atoms with van der Waals surface area (Å²) in [5.74, 6) is -1.13. The van der Waals surface area contributed by atoms with E-state index in [4.69, 9.17) is 11.6 Å². The first-order valence-corrected chi connectivity index (χ1v) is 9.66. The molecule has 0 saturated heterocycles. The van der Waals surface area contributed by atoms with E-state index in [-0.39, 0.29) is 23.8 Å². The van der Waals surface area contributed by atoms with Crippen molar-refractivity contribution in [1.29, 1.82) is 0 Å². The lowest BCUT2D eigenvalue weighted by Gasteiger charge is -2.17. The summed E-state index contributed by atoms with van der Waals surface area (Å²) in [6, 6.07) is 10.8. The predicted octanol–water partition coefficient (Wildman–Crippen LogP) is 6.58. The number of ketones is 2. The molecule has 2 aromatic carbocycles. The van der Waals surface area contributed by atoms with Crippen molar-refractivity contribution in [2.75, 3.05) is 0 Å². The Morgan fingerprint density at radius 3 is 2.10 bits per heavy atom. The second kappa shape index (κ2) is 9.57. The number of hydrogen-bond acceptors (Lipinski definition) is 2. The standard InChI is InChI=1S/C24H19ClF2O2/c25-24-18(8-14-22(28)16-4-10-20(26)11-5-16)2-1-3-19(24)9-15-23(29)17-6-12-21(27)13-7-17/h4-14H,1-3,15H2/b14-8+,19-9+. The van der Waals surface area contributed by atoms with Crippen molar-refractivity contribution in [3.8, 4) is 0 Å². The van der Waals surface area contributed by atoms with E-state index in [0.29, 0.717) is 16.2 Å². The van der Waals surface area contributed by atoms with Gasteiger partial charge in [0.1, 0.15) is 11.6 Å². The summed E-state index contributed by atoms with van der Waals surface area (Å²) in [6.45, 7) is 0. The zero-order valence-corrected chi connectivity index (χ0v) is 16.4. The number of carbonyl (C=O) groups excluding carboxylic acids is 2. The topological polar surface area (TPSA) is 34.1 Å². The van der Waals surface area contributed by atoms with E-state index in [0.717, 1.165) is 30.4 Å². The number of hydrogen-bond donors (Lipinski definition) is 0. The molecule has 0 atom stereocenters. The van der Waals surface area contributed by atoms with Gasteiger partial charge in [0.2, 0.25) is 0 Å². The van der Waals surface area contributed by atoms with Crippen LogP contribution in [-0.4, -0.2) is 11.6 Å². The smallest absolute Gasteiger partial charge is 0.185 e. The third-order valence-corrected chi connectivity index (χ3v) is 5.21. The molecule has 0 N–H and O–H groups in total. The van der Waals surface area contributed by atoms with Gasteiger partial charge >= 0.3 is 0 Å². The van der Waals surface area contributed by atoms with Gasteiger partial charge in [-0.3, -0.25) is 9.59 Å². The zero-order valence-electron chi connectivity index (χ0n) is 15.6. The minimum Gasteiger partial charge on any atom is -0.294 e. The monoisotopic (exact) mass is 412 g/mol. The number of Topliss-reactive ketones (excluding diaryl/α,β-unsaturated/α-hetero) is 1. The maximum absolute atomic E-state index is 13.0. The molecule has 0 bridgehead atoms. The Hall–Kier alpha value is -2.85. The van der Waals surface area contributed by atoms with Crippen LogP contribution in [0.2, 0.25) is 0 Å². The molecule has 148 valence electrons. The lowest BCUT2D eigenvalue weighted by atomic mass is 9.93. The minimum atomic E-state index is -0.395. The Bertz CT molecular complexity index is 1000. The summed E-state index contributed by atoms with van der Waals surface area (Å²) < 4.78 is 26.0. The average Bonchev–Trinajstić information content (AvgIpc) is 2.72. The van der Waals surface area contributed by atoms with Crippen LogP contribution in [0.4, 0.5) is 8.78 Å². The second-order valence-corrected chi connectivity index (χ2v) is 7.14. The van der Waals surface area contributed by atoms with Gasteiger partial charge in [-0.05, 0) is 85.0 Å². The van der Waals surface area contributed by atoms with Crippen LogP contribution in [-0.2, 0) is 0 Å². The highest BCUT2D eigenvalue weighted by Crippen LogP contribution is 2.33. The first-order valence-electron chi connectivity index (χ1n) is 9.29. The van der Waals surface area contributed by atoms with E-state index >= 15 is 0 Å². The van der Waals surface area contributed by atoms with Crippen LogP contribution in [0.5, 0.6) is 0 Å². The molecule has 29 heavy (non-hydrogen) atoms. The molecule has 1 aliphatic rings. The highest BCUT2D eigenvalue weighted by molar-refractivity contribution is 6.32. The third kappa shape index (κ3) is 5.58. The molecule has 0 fully saturated rings. The molecule has 0 radical (unpaired) electrons. The molecule has 0 aromatic heterocycles. The maximum atomic E-state index is 13.0. The van der Waals surface area contributed by atoms with Gasteiger partial charge in [0, 0.05) is 22.6 Å². The van der Waals surface area contributed by atoms with E-state index in [1.165, 1.54) is 54.6 Å². The number of halogens is 3. The number of benzene rings is 2. The molecule has 0 amide bonds. The number of allylic oxidation sites excluding steroid dienone is 6. The Labute approximate surface area is 173 Å². The van der Waals surface area contributed by atoms with Crippen LogP contribution in [0.25, 0.3) is 0 Å². The van der Waals surface area contributed by atoms with Crippen LogP contribution >= 0.6 is 11.6 Å². The van der Waals surface area contributed by atoms with E-state index in [2.05, 4.69) is 0 Å². The molecular weight excluding hydrogens is 394 g/mol. The van der Waals surface area contributed by atoms with Crippen molar-refractivity contribution in [2.24, 2.45) is 0 Å². The van der Waals surface area contributed by atoms with Crippen LogP contribution in [0.3, 0.4) is 0 Å². The lowest BCUT2D eigenvalue weighted by Crippen LogP contribution is -2.02. The maximum Gasteiger partial charge on any atom is 0.185 e. The van der Waals surface area contributed by atoms with Crippen molar-refractivity contribution >= 4 is 23.2 Å². The van der Waals surface area contributed by atoms with Gasteiger partial charge in [-0.25, -0.2) is 8.78 Å². The highest BCUT2D eigenvalue weighted by Gasteiger charge is 2.15. The zero-order chi connectivity index (χ0) is 20.8. The largest absolute Gasteiger partial charge is 0.294 e. The van der Waals surface area contributed by atoms with E-state index in [1.807, 2.05) is 0 Å². The Morgan fingerprint density at radius 2 is 1.48 bits per heavy atom. The van der Waals surface area contributed by atoms with Crippen LogP contribution in [0.15, 0.2) is 82.9 Å². The van der Waals surface area contributed by atoms with Crippen molar-refractivity contribution < 1.29 is 18.4 Å². The first kappa shape index (κ1) is 20.9. The SMILES string of the molecule is O=C(/C=C/C1=C(Cl)C(=C/CC(=O)c2ccc(F)cc2)/CCC1)c1ccc(F)cc1. The summed E-state index contributed by atoms with van der Waals surface area (Å²) in [4.78, 5) is 24.5. The summed E-state index contributed by atoms with van der Waals surface area (Å²) >= 11 is 6.49. The van der Waals surface area contributed by atoms with Gasteiger partial charge in [-0.15, -0.1) is 0 Å². The Balaban J connectivity index is 1.71. The molecular formula is C24H19ClF2O2. The fraction of sp³-hybridized carbons (Fsp3) is 0.167. The molecule has 0 heterocycles. The third-order valence-electron chi connectivity index (χ3n) is 4.72. The summed E-state index contributed by atoms with van der Waals surface area (Å²) in [5.41, 5.74) is 2.54. The van der Waals surface area contributed by atoms with Gasteiger partial charge in [0.25, 0.3) is 0 Å². The molecule has 0 unspecified atom stereocenters. The molecule has 3 rings (SSSR count). The van der Waals surface area contributed by atoms with Crippen LogP contribution < -0.4 is 0 Å². The molecule has 0 saturated carbocycles. The van der Waals surface area contributed by atoms with Crippen molar-refractivity contribution in [3.63, 3.8) is 0 Å². The van der Waals surface area contributed by atoms with Gasteiger partial charge in [-0.1, -0.05) is 23.8 Å². The van der Waals surface area contributed by atoms with Crippen LogP contribution in [0, 0.1) is 11.6 Å². The summed E-state index contributed by atoms with van der Waals surface area (Å²) in [5, 5.41) is 0.548. The van der Waals surface area contributed by atoms with Crippen molar-refractivity contribution in [3.05, 3.63) is 106 Å². The van der Waals surface area contributed by atoms with Crippen molar-refractivity contribution in [1.82, 2.24) is 0 Å². The number of rotatable bonds is 6.